The van der Waals surface area contributed by atoms with E-state index in [1.54, 1.807) is 48.5 Å². The van der Waals surface area contributed by atoms with Crippen LogP contribution >= 0.6 is 0 Å². The van der Waals surface area contributed by atoms with E-state index >= 15 is 0 Å². The molecule has 0 unspecified atom stereocenters. The number of anilines is 2. The summed E-state index contributed by atoms with van der Waals surface area (Å²) < 4.78 is 98.3. The van der Waals surface area contributed by atoms with Crippen LogP contribution in [0.2, 0.25) is 0 Å². The zero-order valence-electron chi connectivity index (χ0n) is 33.5. The number of alkyl halides is 3. The molecule has 0 aliphatic carbocycles. The Morgan fingerprint density at radius 2 is 0.850 bits per heavy atom. The summed E-state index contributed by atoms with van der Waals surface area (Å²) >= 11 is 0. The largest absolute Gasteiger partial charge is 0.460 e. The molecule has 0 amide bonds. The summed E-state index contributed by atoms with van der Waals surface area (Å²) in [6.45, 7) is 6.48. The lowest BCUT2D eigenvalue weighted by Gasteiger charge is -2.13. The highest BCUT2D eigenvalue weighted by Crippen LogP contribution is 2.32. The van der Waals surface area contributed by atoms with Gasteiger partial charge in [-0.15, -0.1) is 0 Å². The number of ketones is 1. The Bertz CT molecular complexity index is 1620. The van der Waals surface area contributed by atoms with Crippen LogP contribution in [0.1, 0.15) is 26.3 Å². The number of carbonyl (C=O) groups excluding carboxylic acids is 3. The Kier molecular flexibility index (Phi) is 26.1. The van der Waals surface area contributed by atoms with Gasteiger partial charge < -0.3 is 57.4 Å². The maximum Gasteiger partial charge on any atom is 0.416 e. The molecule has 0 bridgehead atoms. The van der Waals surface area contributed by atoms with Crippen molar-refractivity contribution >= 4 is 29.1 Å². The van der Waals surface area contributed by atoms with Crippen LogP contribution in [0.15, 0.2) is 78.9 Å². The van der Waals surface area contributed by atoms with Crippen LogP contribution in [0.3, 0.4) is 0 Å². The van der Waals surface area contributed by atoms with Gasteiger partial charge in [0.25, 0.3) is 5.78 Å². The number of rotatable bonds is 35. The Balaban J connectivity index is 0.990. The summed E-state index contributed by atoms with van der Waals surface area (Å²) in [4.78, 5) is 36.3. The van der Waals surface area contributed by atoms with E-state index < -0.39 is 29.5 Å². The van der Waals surface area contributed by atoms with E-state index in [0.29, 0.717) is 105 Å². The molecule has 0 aliphatic heterocycles. The lowest BCUT2D eigenvalue weighted by molar-refractivity contribution is -0.140. The molecule has 0 radical (unpaired) electrons. The molecule has 332 valence electrons. The lowest BCUT2D eigenvalue weighted by atomic mass is 10.1. The topological polar surface area (TPSA) is 165 Å². The van der Waals surface area contributed by atoms with Gasteiger partial charge in [0.15, 0.2) is 0 Å². The molecule has 3 rings (SSSR count). The quantitative estimate of drug-likeness (QED) is 0.0356. The van der Waals surface area contributed by atoms with Gasteiger partial charge >= 0.3 is 18.1 Å². The second-order valence-electron chi connectivity index (χ2n) is 12.2. The minimum absolute atomic E-state index is 0.0134. The Morgan fingerprint density at radius 3 is 1.30 bits per heavy atom. The number of nitrogens with one attached hydrogen (secondary N) is 1. The third kappa shape index (κ3) is 22.8. The van der Waals surface area contributed by atoms with E-state index in [4.69, 9.17) is 52.1 Å². The SMILES string of the molecule is O=C(OCCOCCOCCOCCOCCOCCOCCOCCOCCOCCOC(=O)c1ccccc1Nc1cccc(C(F)(F)F)c1)C(=O)c1ccccc1. The van der Waals surface area contributed by atoms with Crippen LogP contribution in [-0.4, -0.2) is 150 Å². The van der Waals surface area contributed by atoms with E-state index in [9.17, 15) is 27.6 Å². The van der Waals surface area contributed by atoms with Crippen LogP contribution in [0, 0.1) is 0 Å². The second kappa shape index (κ2) is 31.4. The number of carbonyl (C=O) groups is 3. The monoisotopic (exact) mass is 853 g/mol. The molecule has 15 nitrogen and oxygen atoms in total. The van der Waals surface area contributed by atoms with Crippen molar-refractivity contribution in [1.29, 1.82) is 0 Å². The molecule has 3 aromatic carbocycles. The number of para-hydroxylation sites is 1. The molecule has 0 heterocycles. The Labute approximate surface area is 347 Å². The van der Waals surface area contributed by atoms with Crippen LogP contribution in [-0.2, 0) is 63.1 Å². The van der Waals surface area contributed by atoms with Gasteiger partial charge in [-0.25, -0.2) is 9.59 Å². The highest BCUT2D eigenvalue weighted by molar-refractivity contribution is 6.40. The molecule has 0 saturated heterocycles. The summed E-state index contributed by atoms with van der Waals surface area (Å²) in [7, 11) is 0. The molecule has 0 spiro atoms. The average molecular weight is 854 g/mol. The molecule has 3 aromatic rings. The van der Waals surface area contributed by atoms with E-state index in [1.807, 2.05) is 0 Å². The summed E-state index contributed by atoms with van der Waals surface area (Å²) in [6, 6.07) is 19.3. The van der Waals surface area contributed by atoms with E-state index in [2.05, 4.69) is 5.32 Å². The van der Waals surface area contributed by atoms with Gasteiger partial charge in [0.1, 0.15) is 13.2 Å². The highest BCUT2D eigenvalue weighted by Gasteiger charge is 2.30. The van der Waals surface area contributed by atoms with Crippen molar-refractivity contribution in [1.82, 2.24) is 0 Å². The molecule has 1 N–H and O–H groups in total. The molecule has 60 heavy (non-hydrogen) atoms. The van der Waals surface area contributed by atoms with E-state index in [-0.39, 0.29) is 49.8 Å². The number of benzene rings is 3. The maximum absolute atomic E-state index is 13.1. The fourth-order valence-electron chi connectivity index (χ4n) is 4.80. The van der Waals surface area contributed by atoms with Gasteiger partial charge in [0.2, 0.25) is 0 Å². The summed E-state index contributed by atoms with van der Waals surface area (Å²) in [5, 5.41) is 2.85. The minimum atomic E-state index is -4.49. The number of esters is 2. The first kappa shape index (κ1) is 49.9. The molecule has 0 aliphatic rings. The van der Waals surface area contributed by atoms with Crippen molar-refractivity contribution < 1.29 is 79.7 Å². The van der Waals surface area contributed by atoms with Gasteiger partial charge in [0.05, 0.1) is 136 Å². The first-order chi connectivity index (χ1) is 29.3. The molecule has 0 fully saturated rings. The van der Waals surface area contributed by atoms with Crippen molar-refractivity contribution in [3.63, 3.8) is 0 Å². The smallest absolute Gasteiger partial charge is 0.416 e. The van der Waals surface area contributed by atoms with Crippen LogP contribution in [0.5, 0.6) is 0 Å². The third-order valence-electron chi connectivity index (χ3n) is 7.73. The molecular formula is C42H54F3NO14. The highest BCUT2D eigenvalue weighted by atomic mass is 19.4. The fourth-order valence-corrected chi connectivity index (χ4v) is 4.80. The number of hydrogen-bond acceptors (Lipinski definition) is 15. The van der Waals surface area contributed by atoms with Gasteiger partial charge in [-0.05, 0) is 30.3 Å². The van der Waals surface area contributed by atoms with E-state index in [1.165, 1.54) is 18.2 Å². The average Bonchev–Trinajstić information content (AvgIpc) is 3.25. The Morgan fingerprint density at radius 1 is 0.450 bits per heavy atom. The predicted octanol–water partition coefficient (Wildman–Crippen LogP) is 5.18. The zero-order valence-corrected chi connectivity index (χ0v) is 33.5. The van der Waals surface area contributed by atoms with Crippen molar-refractivity contribution in [3.8, 4) is 0 Å². The van der Waals surface area contributed by atoms with Gasteiger partial charge in [-0.3, -0.25) is 4.79 Å². The molecule has 18 heteroatoms. The van der Waals surface area contributed by atoms with Gasteiger partial charge in [-0.1, -0.05) is 48.5 Å². The molecule has 0 saturated carbocycles. The van der Waals surface area contributed by atoms with E-state index in [0.717, 1.165) is 12.1 Å². The number of halogens is 3. The number of hydrogen-bond donors (Lipinski definition) is 1. The van der Waals surface area contributed by atoms with Crippen molar-refractivity contribution in [2.75, 3.05) is 137 Å². The number of ether oxygens (including phenoxy) is 11. The third-order valence-corrected chi connectivity index (χ3v) is 7.73. The van der Waals surface area contributed by atoms with Crippen molar-refractivity contribution in [2.24, 2.45) is 0 Å². The lowest BCUT2D eigenvalue weighted by Crippen LogP contribution is -2.20. The summed E-state index contributed by atoms with van der Waals surface area (Å²) in [6.07, 6.45) is -4.49. The molecule has 0 aromatic heterocycles. The zero-order chi connectivity index (χ0) is 42.9. The maximum atomic E-state index is 13.1. The summed E-state index contributed by atoms with van der Waals surface area (Å²) in [5.74, 6) is -2.24. The number of Topliss-reactive ketones (excluding diaryl/α,β-unsaturated/α-hetero) is 1. The molecular weight excluding hydrogens is 799 g/mol. The minimum Gasteiger partial charge on any atom is -0.460 e. The van der Waals surface area contributed by atoms with Gasteiger partial charge in [0, 0.05) is 11.3 Å². The normalized spacial score (nSPS) is 11.4. The second-order valence-corrected chi connectivity index (χ2v) is 12.2. The Hall–Kier alpha value is -4.50. The standard InChI is InChI=1S/C42H54F3NO14/c43-42(44,45)35-9-6-10-36(33-35)46-38-12-5-4-11-37(38)40(48)59-31-29-57-27-25-55-23-21-53-19-17-51-15-13-50-14-16-52-18-20-54-22-24-56-26-28-58-30-32-60-41(49)39(47)34-7-2-1-3-8-34/h1-12,33,46H,13-32H2. The van der Waals surface area contributed by atoms with Crippen molar-refractivity contribution in [3.05, 3.63) is 95.6 Å². The summed E-state index contributed by atoms with van der Waals surface area (Å²) in [5.41, 5.74) is 0.158. The van der Waals surface area contributed by atoms with Crippen LogP contribution < -0.4 is 5.32 Å². The first-order valence-corrected chi connectivity index (χ1v) is 19.4. The van der Waals surface area contributed by atoms with Gasteiger partial charge in [-0.2, -0.15) is 13.2 Å². The first-order valence-electron chi connectivity index (χ1n) is 19.4. The fraction of sp³-hybridized carbons (Fsp3) is 0.500. The van der Waals surface area contributed by atoms with Crippen LogP contribution in [0.4, 0.5) is 24.5 Å². The van der Waals surface area contributed by atoms with Crippen LogP contribution in [0.25, 0.3) is 0 Å². The van der Waals surface area contributed by atoms with Crippen molar-refractivity contribution in [2.45, 2.75) is 6.18 Å². The molecule has 0 atom stereocenters. The predicted molar refractivity (Wildman–Crippen MR) is 211 cm³/mol.